The highest BCUT2D eigenvalue weighted by Gasteiger charge is 2.07. The summed E-state index contributed by atoms with van der Waals surface area (Å²) in [6, 6.07) is 22.6. The van der Waals surface area contributed by atoms with E-state index in [-0.39, 0.29) is 29.9 Å². The zero-order valence-electron chi connectivity index (χ0n) is 18.4. The predicted molar refractivity (Wildman–Crippen MR) is 140 cm³/mol. The molecular formula is C25H31IN4O. The molecule has 0 unspecified atom stereocenters. The van der Waals surface area contributed by atoms with Crippen molar-refractivity contribution in [2.45, 2.75) is 19.9 Å². The van der Waals surface area contributed by atoms with Crippen molar-refractivity contribution < 1.29 is 4.79 Å². The summed E-state index contributed by atoms with van der Waals surface area (Å²) in [7, 11) is 3.51. The topological polar surface area (TPSA) is 56.7 Å². The maximum Gasteiger partial charge on any atom is 0.253 e. The Morgan fingerprint density at radius 1 is 0.935 bits per heavy atom. The number of hydrogen-bond donors (Lipinski definition) is 2. The van der Waals surface area contributed by atoms with Gasteiger partial charge in [-0.1, -0.05) is 54.6 Å². The lowest BCUT2D eigenvalue weighted by atomic mass is 10.0. The SMILES string of the molecule is CCNC(=NCc1ccc(C(=O)N(C)C)cc1)NCCc1cccc2ccccc12.I. The second-order valence-corrected chi connectivity index (χ2v) is 7.41. The molecule has 3 aromatic rings. The van der Waals surface area contributed by atoms with E-state index in [2.05, 4.69) is 65.0 Å². The summed E-state index contributed by atoms with van der Waals surface area (Å²) < 4.78 is 0. The highest BCUT2D eigenvalue weighted by molar-refractivity contribution is 14.0. The zero-order valence-corrected chi connectivity index (χ0v) is 20.7. The lowest BCUT2D eigenvalue weighted by Gasteiger charge is -2.13. The van der Waals surface area contributed by atoms with E-state index in [0.717, 1.165) is 31.0 Å². The van der Waals surface area contributed by atoms with Crippen LogP contribution in [0.3, 0.4) is 0 Å². The van der Waals surface area contributed by atoms with Crippen LogP contribution in [0.25, 0.3) is 10.8 Å². The Labute approximate surface area is 202 Å². The number of carbonyl (C=O) groups excluding carboxylic acids is 1. The monoisotopic (exact) mass is 530 g/mol. The molecule has 6 heteroatoms. The van der Waals surface area contributed by atoms with Crippen molar-refractivity contribution in [3.05, 3.63) is 83.4 Å². The largest absolute Gasteiger partial charge is 0.357 e. The molecule has 0 aromatic heterocycles. The van der Waals surface area contributed by atoms with Crippen LogP contribution in [0.5, 0.6) is 0 Å². The molecule has 0 aliphatic carbocycles. The number of fused-ring (bicyclic) bond motifs is 1. The van der Waals surface area contributed by atoms with E-state index in [1.54, 1.807) is 19.0 Å². The first-order valence-electron chi connectivity index (χ1n) is 10.4. The molecule has 0 heterocycles. The summed E-state index contributed by atoms with van der Waals surface area (Å²) in [6.45, 7) is 4.22. The normalized spacial score (nSPS) is 11.0. The highest BCUT2D eigenvalue weighted by atomic mass is 127. The number of halogens is 1. The van der Waals surface area contributed by atoms with E-state index in [0.29, 0.717) is 12.1 Å². The molecule has 0 spiro atoms. The van der Waals surface area contributed by atoms with Gasteiger partial charge in [-0.05, 0) is 47.4 Å². The molecule has 1 amide bonds. The number of carbonyl (C=O) groups is 1. The summed E-state index contributed by atoms with van der Waals surface area (Å²) in [4.78, 5) is 18.3. The van der Waals surface area contributed by atoms with Crippen LogP contribution in [0.2, 0.25) is 0 Å². The van der Waals surface area contributed by atoms with Gasteiger partial charge in [0.05, 0.1) is 6.54 Å². The molecule has 0 saturated heterocycles. The molecule has 0 atom stereocenters. The van der Waals surface area contributed by atoms with Crippen LogP contribution in [0.1, 0.15) is 28.4 Å². The Hall–Kier alpha value is -2.61. The van der Waals surface area contributed by atoms with Gasteiger partial charge in [0.15, 0.2) is 5.96 Å². The van der Waals surface area contributed by atoms with Crippen molar-refractivity contribution >= 4 is 46.6 Å². The summed E-state index contributed by atoms with van der Waals surface area (Å²) in [5.41, 5.74) is 3.09. The molecule has 164 valence electrons. The quantitative estimate of drug-likeness (QED) is 0.270. The molecule has 0 radical (unpaired) electrons. The Kier molecular flexibility index (Phi) is 9.78. The standard InChI is InChI=1S/C25H30N4O.HI/c1-4-26-25(28-18-19-12-14-22(15-13-19)24(30)29(2)3)27-17-16-21-10-7-9-20-8-5-6-11-23(20)21;/h5-15H,4,16-18H2,1-3H3,(H2,26,27,28);1H. The van der Waals surface area contributed by atoms with Crippen molar-refractivity contribution in [1.82, 2.24) is 15.5 Å². The van der Waals surface area contributed by atoms with Crippen LogP contribution < -0.4 is 10.6 Å². The van der Waals surface area contributed by atoms with Gasteiger partial charge in [0.2, 0.25) is 0 Å². The third-order valence-electron chi connectivity index (χ3n) is 4.94. The van der Waals surface area contributed by atoms with Crippen LogP contribution in [-0.2, 0) is 13.0 Å². The minimum Gasteiger partial charge on any atom is -0.357 e. The molecule has 2 N–H and O–H groups in total. The van der Waals surface area contributed by atoms with Crippen molar-refractivity contribution in [3.63, 3.8) is 0 Å². The average molecular weight is 530 g/mol. The Balaban J connectivity index is 0.00000341. The number of guanidine groups is 1. The minimum atomic E-state index is 0. The van der Waals surface area contributed by atoms with E-state index in [1.165, 1.54) is 16.3 Å². The Morgan fingerprint density at radius 3 is 2.35 bits per heavy atom. The molecule has 0 bridgehead atoms. The van der Waals surface area contributed by atoms with Crippen molar-refractivity contribution in [1.29, 1.82) is 0 Å². The number of hydrogen-bond acceptors (Lipinski definition) is 2. The summed E-state index contributed by atoms with van der Waals surface area (Å²) >= 11 is 0. The number of benzene rings is 3. The molecule has 0 saturated carbocycles. The van der Waals surface area contributed by atoms with Gasteiger partial charge in [0, 0.05) is 32.7 Å². The molecule has 3 aromatic carbocycles. The van der Waals surface area contributed by atoms with Crippen molar-refractivity contribution in [3.8, 4) is 0 Å². The molecule has 3 rings (SSSR count). The zero-order chi connectivity index (χ0) is 21.3. The minimum absolute atomic E-state index is 0. The van der Waals surface area contributed by atoms with E-state index in [1.807, 2.05) is 24.3 Å². The number of aliphatic imine (C=N–C) groups is 1. The van der Waals surface area contributed by atoms with Crippen LogP contribution >= 0.6 is 24.0 Å². The van der Waals surface area contributed by atoms with Crippen LogP contribution in [0, 0.1) is 0 Å². The fourth-order valence-electron chi connectivity index (χ4n) is 3.35. The van der Waals surface area contributed by atoms with Crippen LogP contribution in [-0.4, -0.2) is 44.0 Å². The molecule has 0 fully saturated rings. The summed E-state index contributed by atoms with van der Waals surface area (Å²) in [6.07, 6.45) is 0.924. The van der Waals surface area contributed by atoms with E-state index in [9.17, 15) is 4.79 Å². The molecule has 31 heavy (non-hydrogen) atoms. The van der Waals surface area contributed by atoms with Crippen molar-refractivity contribution in [2.24, 2.45) is 4.99 Å². The highest BCUT2D eigenvalue weighted by Crippen LogP contribution is 2.18. The molecule has 0 aliphatic heterocycles. The maximum atomic E-state index is 12.0. The third-order valence-corrected chi connectivity index (χ3v) is 4.94. The van der Waals surface area contributed by atoms with Gasteiger partial charge >= 0.3 is 0 Å². The van der Waals surface area contributed by atoms with Gasteiger partial charge in [-0.15, -0.1) is 24.0 Å². The third kappa shape index (κ3) is 6.95. The fraction of sp³-hybridized carbons (Fsp3) is 0.280. The first-order chi connectivity index (χ1) is 14.6. The van der Waals surface area contributed by atoms with Gasteiger partial charge in [0.25, 0.3) is 5.91 Å². The molecular weight excluding hydrogens is 499 g/mol. The van der Waals surface area contributed by atoms with Gasteiger partial charge < -0.3 is 15.5 Å². The second kappa shape index (κ2) is 12.3. The van der Waals surface area contributed by atoms with Gasteiger partial charge in [-0.25, -0.2) is 4.99 Å². The first kappa shape index (κ1) is 24.7. The van der Waals surface area contributed by atoms with E-state index < -0.39 is 0 Å². The molecule has 0 aliphatic rings. The first-order valence-corrected chi connectivity index (χ1v) is 10.4. The van der Waals surface area contributed by atoms with Gasteiger partial charge in [-0.2, -0.15) is 0 Å². The van der Waals surface area contributed by atoms with Crippen LogP contribution in [0.15, 0.2) is 71.7 Å². The Morgan fingerprint density at radius 2 is 1.65 bits per heavy atom. The lowest BCUT2D eigenvalue weighted by Crippen LogP contribution is -2.38. The summed E-state index contributed by atoms with van der Waals surface area (Å²) in [5.74, 6) is 0.805. The van der Waals surface area contributed by atoms with Gasteiger partial charge in [0.1, 0.15) is 0 Å². The van der Waals surface area contributed by atoms with Crippen LogP contribution in [0.4, 0.5) is 0 Å². The number of rotatable bonds is 7. The lowest BCUT2D eigenvalue weighted by molar-refractivity contribution is 0.0827. The predicted octanol–water partition coefficient (Wildman–Crippen LogP) is 4.46. The second-order valence-electron chi connectivity index (χ2n) is 7.41. The number of amides is 1. The smallest absolute Gasteiger partial charge is 0.253 e. The van der Waals surface area contributed by atoms with Crippen molar-refractivity contribution in [2.75, 3.05) is 27.2 Å². The number of nitrogens with one attached hydrogen (secondary N) is 2. The average Bonchev–Trinajstić information content (AvgIpc) is 2.77. The number of nitrogens with zero attached hydrogens (tertiary/aromatic N) is 2. The fourth-order valence-corrected chi connectivity index (χ4v) is 3.35. The summed E-state index contributed by atoms with van der Waals surface area (Å²) in [5, 5.41) is 9.30. The van der Waals surface area contributed by atoms with Gasteiger partial charge in [-0.3, -0.25) is 4.79 Å². The van der Waals surface area contributed by atoms with E-state index >= 15 is 0 Å². The Bertz CT molecular complexity index is 1010. The van der Waals surface area contributed by atoms with E-state index in [4.69, 9.17) is 0 Å². The maximum absolute atomic E-state index is 12.0. The molecule has 5 nitrogen and oxygen atoms in total.